The molecule has 0 spiro atoms. The topological polar surface area (TPSA) is 164 Å². The third kappa shape index (κ3) is 12.0. The van der Waals surface area contributed by atoms with Gasteiger partial charge in [0, 0.05) is 38.8 Å². The molecule has 12 nitrogen and oxygen atoms in total. The van der Waals surface area contributed by atoms with E-state index < -0.39 is 35.7 Å². The zero-order valence-corrected chi connectivity index (χ0v) is 34.3. The molecule has 318 valence electrons. The number of carbonyl (C=O) groups is 3. The summed E-state index contributed by atoms with van der Waals surface area (Å²) in [4.78, 5) is 41.7. The molecule has 12 heteroatoms. The fourth-order valence-electron chi connectivity index (χ4n) is 10.0. The maximum Gasteiger partial charge on any atom is 0.307 e. The van der Waals surface area contributed by atoms with Crippen LogP contribution in [0.15, 0.2) is 72.8 Å². The Hall–Kier alpha value is -4.17. The number of hydrogen-bond acceptors (Lipinski definition) is 9. The molecule has 0 aromatic heterocycles. The number of hydrogen-bond donors (Lipinski definition) is 6. The predicted octanol–water partition coefficient (Wildman–Crippen LogP) is 4.15. The van der Waals surface area contributed by atoms with Crippen LogP contribution in [0.1, 0.15) is 52.6 Å². The molecule has 59 heavy (non-hydrogen) atoms. The lowest BCUT2D eigenvalue weighted by molar-refractivity contribution is -0.144. The zero-order valence-electron chi connectivity index (χ0n) is 34.3. The van der Waals surface area contributed by atoms with Crippen molar-refractivity contribution in [1.82, 2.24) is 25.8 Å². The van der Waals surface area contributed by atoms with E-state index in [-0.39, 0.29) is 23.8 Å². The third-order valence-corrected chi connectivity index (χ3v) is 13.4. The van der Waals surface area contributed by atoms with Gasteiger partial charge in [0.2, 0.25) is 0 Å². The van der Waals surface area contributed by atoms with Gasteiger partial charge in [-0.2, -0.15) is 0 Å². The second-order valence-corrected chi connectivity index (χ2v) is 17.5. The number of ether oxygens (including phenoxy) is 1. The van der Waals surface area contributed by atoms with Crippen LogP contribution in [0.2, 0.25) is 0 Å². The molecule has 0 aliphatic carbocycles. The van der Waals surface area contributed by atoms with Crippen LogP contribution in [0.3, 0.4) is 0 Å². The number of carboxylic acid groups (broad SMARTS) is 3. The first-order chi connectivity index (χ1) is 28.7. The molecule has 0 amide bonds. The van der Waals surface area contributed by atoms with Gasteiger partial charge in [-0.05, 0) is 129 Å². The lowest BCUT2D eigenvalue weighted by atomic mass is 9.86. The summed E-state index contributed by atoms with van der Waals surface area (Å²) in [7, 11) is 0. The maximum absolute atomic E-state index is 12.3. The molecule has 0 saturated carbocycles. The Kier molecular flexibility index (Phi) is 15.2. The summed E-state index contributed by atoms with van der Waals surface area (Å²) in [6.07, 6.45) is 4.21. The molecule has 6 N–H and O–H groups in total. The quantitative estimate of drug-likeness (QED) is 0.0969. The normalized spacial score (nSPS) is 24.2. The first-order valence-electron chi connectivity index (χ1n) is 21.8. The second kappa shape index (κ2) is 20.9. The van der Waals surface area contributed by atoms with E-state index in [1.165, 1.54) is 5.56 Å². The third-order valence-electron chi connectivity index (χ3n) is 13.4. The van der Waals surface area contributed by atoms with E-state index in [2.05, 4.69) is 80.3 Å². The zero-order chi connectivity index (χ0) is 41.1. The molecule has 4 heterocycles. The molecule has 4 aliphatic rings. The molecule has 4 aliphatic heterocycles. The van der Waals surface area contributed by atoms with Gasteiger partial charge in [-0.1, -0.05) is 72.8 Å². The van der Waals surface area contributed by atoms with Gasteiger partial charge in [-0.3, -0.25) is 24.2 Å². The van der Waals surface area contributed by atoms with E-state index in [4.69, 9.17) is 4.74 Å². The van der Waals surface area contributed by atoms with Gasteiger partial charge < -0.3 is 36.0 Å². The average Bonchev–Trinajstić information content (AvgIpc) is 4.05. The molecule has 7 atom stereocenters. The largest absolute Gasteiger partial charge is 0.481 e. The lowest BCUT2D eigenvalue weighted by Gasteiger charge is -2.41. The summed E-state index contributed by atoms with van der Waals surface area (Å²) in [5.41, 5.74) is 6.49. The van der Waals surface area contributed by atoms with E-state index in [0.29, 0.717) is 32.5 Å². The number of carboxylic acids is 3. The standard InChI is InChI=1S/C47H63N5O7/c53-45(54)42(38-10-13-48-24-38)21-32-4-1-7-35(18-32)27-51-16-17-52(28-36-8-2-5-33(19-36)22-43(46(55)56)39-11-14-49-25-39)41(29-51)31-59-30-37-9-3-6-34(20-37)23-44(47(57)58)40-12-15-50-26-40/h1-9,18-20,38-44,48-50H,10-17,21-31H2,(H,53,54)(H,55,56)(H,57,58)/t38-,39-,40-,41?,42-,43?,44-/m0/s1. The highest BCUT2D eigenvalue weighted by Crippen LogP contribution is 2.28. The first-order valence-corrected chi connectivity index (χ1v) is 21.8. The minimum absolute atomic E-state index is 0.0904. The van der Waals surface area contributed by atoms with Crippen molar-refractivity contribution in [3.8, 4) is 0 Å². The van der Waals surface area contributed by atoms with Crippen LogP contribution in [-0.4, -0.2) is 115 Å². The number of nitrogens with one attached hydrogen (secondary N) is 3. The maximum atomic E-state index is 12.3. The predicted molar refractivity (Wildman–Crippen MR) is 226 cm³/mol. The first kappa shape index (κ1) is 42.9. The number of benzene rings is 3. The van der Waals surface area contributed by atoms with Crippen molar-refractivity contribution >= 4 is 17.9 Å². The Bertz CT molecular complexity index is 1860. The minimum Gasteiger partial charge on any atom is -0.481 e. The van der Waals surface area contributed by atoms with Crippen molar-refractivity contribution in [2.45, 2.75) is 64.3 Å². The highest BCUT2D eigenvalue weighted by molar-refractivity contribution is 5.72. The van der Waals surface area contributed by atoms with Crippen molar-refractivity contribution < 1.29 is 34.4 Å². The van der Waals surface area contributed by atoms with Crippen LogP contribution < -0.4 is 16.0 Å². The Morgan fingerprint density at radius 2 is 1.02 bits per heavy atom. The van der Waals surface area contributed by atoms with Crippen molar-refractivity contribution in [3.63, 3.8) is 0 Å². The molecule has 2 unspecified atom stereocenters. The van der Waals surface area contributed by atoms with E-state index in [0.717, 1.165) is 119 Å². The van der Waals surface area contributed by atoms with Crippen LogP contribution in [0.4, 0.5) is 0 Å². The van der Waals surface area contributed by atoms with Crippen LogP contribution in [-0.2, 0) is 58.1 Å². The highest BCUT2D eigenvalue weighted by Gasteiger charge is 2.33. The lowest BCUT2D eigenvalue weighted by Crippen LogP contribution is -2.54. The number of rotatable bonds is 20. The van der Waals surface area contributed by atoms with Gasteiger partial charge in [0.15, 0.2) is 0 Å². The number of nitrogens with zero attached hydrogens (tertiary/aromatic N) is 2. The number of aliphatic carboxylic acids is 3. The minimum atomic E-state index is -0.738. The van der Waals surface area contributed by atoms with E-state index in [9.17, 15) is 29.7 Å². The highest BCUT2D eigenvalue weighted by atomic mass is 16.5. The van der Waals surface area contributed by atoms with Crippen molar-refractivity contribution in [2.24, 2.45) is 35.5 Å². The molecule has 4 saturated heterocycles. The van der Waals surface area contributed by atoms with Crippen LogP contribution in [0, 0.1) is 35.5 Å². The Labute approximate surface area is 348 Å². The summed E-state index contributed by atoms with van der Waals surface area (Å²) in [5, 5.41) is 40.1. The number of piperazine rings is 1. The molecule has 4 fully saturated rings. The van der Waals surface area contributed by atoms with Gasteiger partial charge in [0.05, 0.1) is 31.0 Å². The SMILES string of the molecule is O=C(O)C(Cc1cccc(CN2CCN(Cc3cccc(C[C@H](C(=O)O)[C@H]4CCNC4)c3)CC2COCc2cccc(C[C@H](C(=O)O)[C@H]3CCNC3)c2)c1)[C@H]1CCNC1. The smallest absolute Gasteiger partial charge is 0.307 e. The monoisotopic (exact) mass is 809 g/mol. The van der Waals surface area contributed by atoms with Crippen LogP contribution in [0.5, 0.6) is 0 Å². The molecular weight excluding hydrogens is 747 g/mol. The fourth-order valence-corrected chi connectivity index (χ4v) is 10.0. The Balaban J connectivity index is 1.02. The van der Waals surface area contributed by atoms with Gasteiger partial charge >= 0.3 is 17.9 Å². The van der Waals surface area contributed by atoms with Crippen molar-refractivity contribution in [2.75, 3.05) is 65.5 Å². The molecule has 3 aromatic carbocycles. The summed E-state index contributed by atoms with van der Waals surface area (Å²) >= 11 is 0. The van der Waals surface area contributed by atoms with E-state index >= 15 is 0 Å². The summed E-state index contributed by atoms with van der Waals surface area (Å²) in [6, 6.07) is 25.1. The molecular formula is C47H63N5O7. The molecule has 7 rings (SSSR count). The van der Waals surface area contributed by atoms with Crippen LogP contribution >= 0.6 is 0 Å². The summed E-state index contributed by atoms with van der Waals surface area (Å²) in [6.45, 7) is 9.77. The van der Waals surface area contributed by atoms with Gasteiger partial charge in [0.1, 0.15) is 0 Å². The average molecular weight is 810 g/mol. The van der Waals surface area contributed by atoms with Crippen molar-refractivity contribution in [1.29, 1.82) is 0 Å². The summed E-state index contributed by atoms with van der Waals surface area (Å²) < 4.78 is 6.50. The van der Waals surface area contributed by atoms with E-state index in [1.807, 2.05) is 18.2 Å². The van der Waals surface area contributed by atoms with Crippen molar-refractivity contribution in [3.05, 3.63) is 106 Å². The molecule has 0 bridgehead atoms. The Morgan fingerprint density at radius 3 is 1.46 bits per heavy atom. The molecule has 0 radical (unpaired) electrons. The molecule has 3 aromatic rings. The van der Waals surface area contributed by atoms with Gasteiger partial charge in [0.25, 0.3) is 0 Å². The summed E-state index contributed by atoms with van der Waals surface area (Å²) in [5.74, 6) is -3.00. The van der Waals surface area contributed by atoms with E-state index in [1.54, 1.807) is 0 Å². The second-order valence-electron chi connectivity index (χ2n) is 17.5. The fraction of sp³-hybridized carbons (Fsp3) is 0.553. The van der Waals surface area contributed by atoms with Gasteiger partial charge in [-0.25, -0.2) is 0 Å². The van der Waals surface area contributed by atoms with Crippen LogP contribution in [0.25, 0.3) is 0 Å². The van der Waals surface area contributed by atoms with Gasteiger partial charge in [-0.15, -0.1) is 0 Å². The Morgan fingerprint density at radius 1 is 0.593 bits per heavy atom.